The van der Waals surface area contributed by atoms with Crippen molar-refractivity contribution in [2.45, 2.75) is 80.4 Å². The van der Waals surface area contributed by atoms with E-state index in [1.165, 1.54) is 12.1 Å². The number of hydrogen-bond donors (Lipinski definition) is 6. The van der Waals surface area contributed by atoms with Crippen molar-refractivity contribution in [1.29, 1.82) is 0 Å². The third kappa shape index (κ3) is 4.86. The molecule has 1 aromatic carbocycles. The van der Waals surface area contributed by atoms with Crippen molar-refractivity contribution in [3.05, 3.63) is 35.1 Å². The summed E-state index contributed by atoms with van der Waals surface area (Å²) in [6.07, 6.45) is -3.84. The summed E-state index contributed by atoms with van der Waals surface area (Å²) in [5.74, 6) is -6.48. The number of nitrogens with zero attached hydrogens (tertiary/aromatic N) is 1. The van der Waals surface area contributed by atoms with Crippen LogP contribution >= 0.6 is 0 Å². The van der Waals surface area contributed by atoms with Gasteiger partial charge in [-0.3, -0.25) is 14.4 Å². The van der Waals surface area contributed by atoms with Crippen LogP contribution in [0.15, 0.2) is 24.0 Å². The van der Waals surface area contributed by atoms with Gasteiger partial charge in [0.05, 0.1) is 23.9 Å². The van der Waals surface area contributed by atoms with Gasteiger partial charge in [-0.2, -0.15) is 0 Å². The molecular weight excluding hydrogens is 572 g/mol. The Labute approximate surface area is 244 Å². The standard InChI is InChI=1S/C28H32N2O13/c1-12(24(36)29-14(25(37)38)10-19(33)34)41-20(35)11-16(32)26(39)42-17-5-6-28(40)18-9-13-3-4-15(31)22-21(13)27(28,23(17)43-22)7-8-30(18)2/h3-5,12,14,16,18,23,31-32,40H,6-11H2,1-2H3,(H,29,36)(H,33,34)(H,37,38)/t12?,14?,16?,18-,23+,27+,28-/m1/s1. The first-order chi connectivity index (χ1) is 20.2. The summed E-state index contributed by atoms with van der Waals surface area (Å²) in [4.78, 5) is 61.5. The number of likely N-dealkylation sites (tertiary alicyclic amines) is 1. The molecular formula is C28H32N2O13. The maximum atomic E-state index is 12.9. The lowest BCUT2D eigenvalue weighted by Gasteiger charge is -2.61. The van der Waals surface area contributed by atoms with Crippen molar-refractivity contribution < 1.29 is 63.7 Å². The minimum absolute atomic E-state index is 0.0136. The summed E-state index contributed by atoms with van der Waals surface area (Å²) in [6, 6.07) is 1.28. The average Bonchev–Trinajstić information content (AvgIpc) is 3.29. The molecule has 0 radical (unpaired) electrons. The molecule has 7 atom stereocenters. The highest BCUT2D eigenvalue weighted by Crippen LogP contribution is 2.65. The largest absolute Gasteiger partial charge is 0.504 e. The Morgan fingerprint density at radius 1 is 1.19 bits per heavy atom. The Morgan fingerprint density at radius 3 is 2.58 bits per heavy atom. The van der Waals surface area contributed by atoms with Gasteiger partial charge in [0.1, 0.15) is 11.8 Å². The van der Waals surface area contributed by atoms with E-state index in [4.69, 9.17) is 24.4 Å². The van der Waals surface area contributed by atoms with Crippen molar-refractivity contribution in [3.8, 4) is 11.5 Å². The van der Waals surface area contributed by atoms with Gasteiger partial charge in [0.2, 0.25) is 0 Å². The normalized spacial score (nSPS) is 28.7. The number of phenols is 1. The van der Waals surface area contributed by atoms with Gasteiger partial charge in [0, 0.05) is 18.0 Å². The van der Waals surface area contributed by atoms with E-state index in [0.29, 0.717) is 24.9 Å². The number of amides is 1. The lowest BCUT2D eigenvalue weighted by molar-refractivity contribution is -0.173. The number of piperidine rings is 1. The molecule has 232 valence electrons. The number of carbonyl (C=O) groups excluding carboxylic acids is 3. The molecule has 1 amide bonds. The van der Waals surface area contributed by atoms with E-state index in [1.807, 2.05) is 12.4 Å². The fourth-order valence-electron chi connectivity index (χ4n) is 6.83. The van der Waals surface area contributed by atoms with E-state index in [-0.39, 0.29) is 29.7 Å². The Bertz CT molecular complexity index is 1430. The van der Waals surface area contributed by atoms with Crippen LogP contribution in [-0.4, -0.2) is 110 Å². The van der Waals surface area contributed by atoms with Crippen LogP contribution in [0.4, 0.5) is 0 Å². The first-order valence-corrected chi connectivity index (χ1v) is 13.7. The number of aliphatic hydroxyl groups is 2. The van der Waals surface area contributed by atoms with Crippen LogP contribution in [0, 0.1) is 0 Å². The third-order valence-corrected chi connectivity index (χ3v) is 8.87. The zero-order valence-corrected chi connectivity index (χ0v) is 23.3. The molecule has 0 aromatic heterocycles. The summed E-state index contributed by atoms with van der Waals surface area (Å²) in [5.41, 5.74) is -0.744. The van der Waals surface area contributed by atoms with Crippen molar-refractivity contribution >= 4 is 29.8 Å². The SMILES string of the molecule is CC(OC(=O)CC(O)C(=O)OC1=CC[C@@]2(O)[C@H]3Cc4ccc(O)c5c4[C@@]2(CCN3C)[C@H]1O5)C(=O)NC(CC(=O)O)C(=O)O. The predicted octanol–water partition coefficient (Wildman–Crippen LogP) is -1.06. The topological polar surface area (TPSA) is 229 Å². The molecule has 1 fully saturated rings. The monoisotopic (exact) mass is 604 g/mol. The number of hydrogen-bond acceptors (Lipinski definition) is 12. The molecule has 0 saturated carbocycles. The molecule has 6 N–H and O–H groups in total. The summed E-state index contributed by atoms with van der Waals surface area (Å²) < 4.78 is 16.6. The number of carboxylic acids is 2. The molecule has 2 heterocycles. The quantitative estimate of drug-likeness (QED) is 0.175. The van der Waals surface area contributed by atoms with Gasteiger partial charge >= 0.3 is 23.9 Å². The Morgan fingerprint density at radius 2 is 1.91 bits per heavy atom. The number of aliphatic hydroxyl groups excluding tert-OH is 1. The molecule has 43 heavy (non-hydrogen) atoms. The second kappa shape index (κ2) is 10.8. The van der Waals surface area contributed by atoms with Crippen LogP contribution in [0.3, 0.4) is 0 Å². The molecule has 15 nitrogen and oxygen atoms in total. The number of nitrogens with one attached hydrogen (secondary N) is 1. The summed E-state index contributed by atoms with van der Waals surface area (Å²) in [5, 5.41) is 52.9. The van der Waals surface area contributed by atoms with E-state index in [2.05, 4.69) is 4.90 Å². The highest BCUT2D eigenvalue weighted by atomic mass is 16.6. The lowest BCUT2D eigenvalue weighted by atomic mass is 9.50. The first-order valence-electron chi connectivity index (χ1n) is 13.7. The van der Waals surface area contributed by atoms with Crippen LogP contribution in [0.2, 0.25) is 0 Å². The Hall–Kier alpha value is -4.21. The second-order valence-electron chi connectivity index (χ2n) is 11.4. The number of carbonyl (C=O) groups is 5. The lowest BCUT2D eigenvalue weighted by Crippen LogP contribution is -2.74. The van der Waals surface area contributed by atoms with E-state index in [0.717, 1.165) is 12.5 Å². The highest BCUT2D eigenvalue weighted by molar-refractivity contribution is 5.90. The van der Waals surface area contributed by atoms with Crippen LogP contribution in [0.25, 0.3) is 0 Å². The fraction of sp³-hybridized carbons (Fsp3) is 0.536. The number of likely N-dealkylation sites (N-methyl/N-ethyl adjacent to an activating group) is 1. The van der Waals surface area contributed by atoms with E-state index in [9.17, 15) is 39.3 Å². The van der Waals surface area contributed by atoms with Crippen LogP contribution < -0.4 is 10.1 Å². The summed E-state index contributed by atoms with van der Waals surface area (Å²) in [7, 11) is 1.92. The van der Waals surface area contributed by atoms with Gasteiger partial charge in [0.25, 0.3) is 5.91 Å². The number of benzene rings is 1. The van der Waals surface area contributed by atoms with Crippen molar-refractivity contribution in [3.63, 3.8) is 0 Å². The maximum absolute atomic E-state index is 12.9. The maximum Gasteiger partial charge on any atom is 0.340 e. The number of carboxylic acid groups (broad SMARTS) is 2. The summed E-state index contributed by atoms with van der Waals surface area (Å²) in [6.45, 7) is 1.70. The van der Waals surface area contributed by atoms with Crippen LogP contribution in [0.1, 0.15) is 43.7 Å². The Balaban J connectivity index is 1.26. The van der Waals surface area contributed by atoms with Crippen molar-refractivity contribution in [1.82, 2.24) is 10.2 Å². The van der Waals surface area contributed by atoms with Crippen LogP contribution in [-0.2, 0) is 45.3 Å². The predicted molar refractivity (Wildman–Crippen MR) is 141 cm³/mol. The number of aromatic hydroxyl groups is 1. The molecule has 2 aliphatic carbocycles. The van der Waals surface area contributed by atoms with Gasteiger partial charge in [-0.05, 0) is 51.1 Å². The van der Waals surface area contributed by atoms with Gasteiger partial charge in [-0.25, -0.2) is 9.59 Å². The van der Waals surface area contributed by atoms with Crippen molar-refractivity contribution in [2.24, 2.45) is 0 Å². The van der Waals surface area contributed by atoms with E-state index in [1.54, 1.807) is 6.07 Å². The Kier molecular flexibility index (Phi) is 7.61. The third-order valence-electron chi connectivity index (χ3n) is 8.87. The summed E-state index contributed by atoms with van der Waals surface area (Å²) >= 11 is 0. The zero-order chi connectivity index (χ0) is 31.4. The fourth-order valence-corrected chi connectivity index (χ4v) is 6.83. The molecule has 3 unspecified atom stereocenters. The number of phenolic OH excluding ortho intramolecular Hbond substituents is 1. The number of esters is 2. The molecule has 15 heteroatoms. The smallest absolute Gasteiger partial charge is 0.340 e. The van der Waals surface area contributed by atoms with Gasteiger partial charge in [-0.1, -0.05) is 6.07 Å². The second-order valence-corrected chi connectivity index (χ2v) is 11.4. The molecule has 2 aliphatic heterocycles. The van der Waals surface area contributed by atoms with E-state index < -0.39 is 78.0 Å². The van der Waals surface area contributed by atoms with Gasteiger partial charge < -0.3 is 50.0 Å². The molecule has 4 aliphatic rings. The van der Waals surface area contributed by atoms with Crippen molar-refractivity contribution in [2.75, 3.05) is 13.6 Å². The first kappa shape index (κ1) is 30.3. The number of rotatable bonds is 10. The average molecular weight is 605 g/mol. The minimum atomic E-state index is -2.02. The molecule has 1 spiro atoms. The highest BCUT2D eigenvalue weighted by Gasteiger charge is 2.72. The molecule has 5 rings (SSSR count). The number of ether oxygens (including phenoxy) is 3. The van der Waals surface area contributed by atoms with Gasteiger partial charge in [0.15, 0.2) is 29.8 Å². The molecule has 1 aromatic rings. The van der Waals surface area contributed by atoms with E-state index >= 15 is 0 Å². The number of aliphatic carboxylic acids is 2. The molecule has 1 saturated heterocycles. The van der Waals surface area contributed by atoms with Crippen LogP contribution in [0.5, 0.6) is 11.5 Å². The minimum Gasteiger partial charge on any atom is -0.504 e. The van der Waals surface area contributed by atoms with Gasteiger partial charge in [-0.15, -0.1) is 0 Å². The molecule has 2 bridgehead atoms. The zero-order valence-electron chi connectivity index (χ0n) is 23.3.